The highest BCUT2D eigenvalue weighted by atomic mass is 32.2. The largest absolute Gasteiger partial charge is 0.478 e. The normalized spacial score (nSPS) is 17.2. The summed E-state index contributed by atoms with van der Waals surface area (Å²) in [4.78, 5) is 25.6. The molecule has 2 aromatic carbocycles. The molecule has 0 aromatic heterocycles. The highest BCUT2D eigenvalue weighted by molar-refractivity contribution is 8.27. The minimum absolute atomic E-state index is 0.156. The van der Waals surface area contributed by atoms with Crippen LogP contribution in [0, 0.1) is 0 Å². The second kappa shape index (κ2) is 6.47. The molecule has 0 aliphatic carbocycles. The molecule has 8 heteroatoms. The van der Waals surface area contributed by atoms with Crippen molar-refractivity contribution in [2.24, 2.45) is 0 Å². The summed E-state index contributed by atoms with van der Waals surface area (Å²) in [6, 6.07) is 11.5. The van der Waals surface area contributed by atoms with Crippen molar-refractivity contribution in [3.63, 3.8) is 0 Å². The molecule has 2 aliphatic rings. The molecular formula is C18H11NO5S2. The van der Waals surface area contributed by atoms with Crippen LogP contribution in [0.5, 0.6) is 11.5 Å². The number of fused-ring (bicyclic) bond motifs is 1. The highest BCUT2D eigenvalue weighted by Crippen LogP contribution is 2.40. The molecule has 1 saturated heterocycles. The molecule has 130 valence electrons. The van der Waals surface area contributed by atoms with E-state index in [2.05, 4.69) is 0 Å². The maximum Gasteiger partial charge on any atom is 0.335 e. The SMILES string of the molecule is O=C(O)c1ccc(/C=C2/SC(=S)N(c3ccc4c(c3)OCO4)C2=O)cc1. The van der Waals surface area contributed by atoms with E-state index in [4.69, 9.17) is 26.8 Å². The van der Waals surface area contributed by atoms with Gasteiger partial charge in [-0.25, -0.2) is 4.79 Å². The fraction of sp³-hybridized carbons (Fsp3) is 0.0556. The molecule has 2 aliphatic heterocycles. The predicted molar refractivity (Wildman–Crippen MR) is 102 cm³/mol. The molecule has 26 heavy (non-hydrogen) atoms. The lowest BCUT2D eigenvalue weighted by molar-refractivity contribution is -0.113. The summed E-state index contributed by atoms with van der Waals surface area (Å²) in [6.45, 7) is 0.156. The molecule has 2 heterocycles. The van der Waals surface area contributed by atoms with Crippen molar-refractivity contribution < 1.29 is 24.2 Å². The second-order valence-electron chi connectivity index (χ2n) is 5.48. The van der Waals surface area contributed by atoms with Crippen LogP contribution in [0.2, 0.25) is 0 Å². The lowest BCUT2D eigenvalue weighted by atomic mass is 10.1. The van der Waals surface area contributed by atoms with Gasteiger partial charge in [-0.3, -0.25) is 9.69 Å². The Morgan fingerprint density at radius 1 is 1.15 bits per heavy atom. The van der Waals surface area contributed by atoms with Gasteiger partial charge < -0.3 is 14.6 Å². The molecule has 0 atom stereocenters. The molecule has 1 fully saturated rings. The van der Waals surface area contributed by atoms with Gasteiger partial charge in [0.15, 0.2) is 15.8 Å². The molecule has 0 bridgehead atoms. The van der Waals surface area contributed by atoms with E-state index in [0.29, 0.717) is 26.4 Å². The summed E-state index contributed by atoms with van der Waals surface area (Å²) < 4.78 is 11.0. The van der Waals surface area contributed by atoms with Crippen molar-refractivity contribution in [2.45, 2.75) is 0 Å². The lowest BCUT2D eigenvalue weighted by Crippen LogP contribution is -2.27. The van der Waals surface area contributed by atoms with Crippen LogP contribution in [-0.2, 0) is 4.79 Å². The summed E-state index contributed by atoms with van der Waals surface area (Å²) >= 11 is 6.55. The topological polar surface area (TPSA) is 76.1 Å². The minimum Gasteiger partial charge on any atom is -0.478 e. The van der Waals surface area contributed by atoms with Crippen molar-refractivity contribution in [2.75, 3.05) is 11.7 Å². The standard InChI is InChI=1S/C18H11NO5S2/c20-16-15(7-10-1-3-11(4-2-10)17(21)22)26-18(25)19(16)12-5-6-13-14(8-12)24-9-23-13/h1-8H,9H2,(H,21,22)/b15-7+. The second-order valence-corrected chi connectivity index (χ2v) is 7.16. The Hall–Kier alpha value is -2.84. The van der Waals surface area contributed by atoms with Gasteiger partial charge in [-0.15, -0.1) is 0 Å². The number of thiocarbonyl (C=S) groups is 1. The van der Waals surface area contributed by atoms with E-state index in [1.54, 1.807) is 36.4 Å². The number of carboxylic acids is 1. The van der Waals surface area contributed by atoms with E-state index < -0.39 is 5.97 Å². The number of hydrogen-bond acceptors (Lipinski definition) is 6. The summed E-state index contributed by atoms with van der Waals surface area (Å²) in [7, 11) is 0. The Morgan fingerprint density at radius 2 is 1.88 bits per heavy atom. The van der Waals surface area contributed by atoms with Crippen LogP contribution in [-0.4, -0.2) is 28.1 Å². The number of aromatic carboxylic acids is 1. The Labute approximate surface area is 158 Å². The fourth-order valence-corrected chi connectivity index (χ4v) is 3.89. The van der Waals surface area contributed by atoms with Gasteiger partial charge in [0.05, 0.1) is 16.2 Å². The van der Waals surface area contributed by atoms with E-state index in [9.17, 15) is 9.59 Å². The first-order chi connectivity index (χ1) is 12.5. The highest BCUT2D eigenvalue weighted by Gasteiger charge is 2.34. The van der Waals surface area contributed by atoms with Crippen LogP contribution < -0.4 is 14.4 Å². The number of carboxylic acid groups (broad SMARTS) is 1. The Bertz CT molecular complexity index is 968. The third-order valence-electron chi connectivity index (χ3n) is 3.86. The molecule has 0 unspecified atom stereocenters. The number of amides is 1. The zero-order valence-electron chi connectivity index (χ0n) is 13.2. The first-order valence-corrected chi connectivity index (χ1v) is 8.76. The van der Waals surface area contributed by atoms with Gasteiger partial charge >= 0.3 is 5.97 Å². The van der Waals surface area contributed by atoms with E-state index in [0.717, 1.165) is 5.56 Å². The minimum atomic E-state index is -0.995. The Morgan fingerprint density at radius 3 is 2.62 bits per heavy atom. The van der Waals surface area contributed by atoms with Gasteiger partial charge in [-0.2, -0.15) is 0 Å². The van der Waals surface area contributed by atoms with Gasteiger partial charge in [0, 0.05) is 6.07 Å². The van der Waals surface area contributed by atoms with Crippen molar-refractivity contribution in [1.82, 2.24) is 0 Å². The lowest BCUT2D eigenvalue weighted by Gasteiger charge is -2.14. The predicted octanol–water partition coefficient (Wildman–Crippen LogP) is 3.52. The molecule has 0 radical (unpaired) electrons. The molecule has 6 nitrogen and oxygen atoms in total. The molecule has 1 amide bonds. The summed E-state index contributed by atoms with van der Waals surface area (Å²) in [5.41, 5.74) is 1.53. The van der Waals surface area contributed by atoms with Crippen LogP contribution >= 0.6 is 24.0 Å². The zero-order chi connectivity index (χ0) is 18.3. The first-order valence-electron chi connectivity index (χ1n) is 7.54. The van der Waals surface area contributed by atoms with Crippen LogP contribution in [0.25, 0.3) is 6.08 Å². The number of benzene rings is 2. The van der Waals surface area contributed by atoms with E-state index in [-0.39, 0.29) is 18.3 Å². The number of ether oxygens (including phenoxy) is 2. The van der Waals surface area contributed by atoms with Gasteiger partial charge in [0.2, 0.25) is 6.79 Å². The van der Waals surface area contributed by atoms with Crippen LogP contribution in [0.4, 0.5) is 5.69 Å². The zero-order valence-corrected chi connectivity index (χ0v) is 14.8. The summed E-state index contributed by atoms with van der Waals surface area (Å²) in [5.74, 6) is -0.0232. The molecule has 2 aromatic rings. The van der Waals surface area contributed by atoms with Crippen LogP contribution in [0.15, 0.2) is 47.4 Å². The van der Waals surface area contributed by atoms with E-state index in [1.165, 1.54) is 28.8 Å². The number of carbonyl (C=O) groups is 2. The molecular weight excluding hydrogens is 374 g/mol. The molecule has 4 rings (SSSR count). The van der Waals surface area contributed by atoms with E-state index >= 15 is 0 Å². The number of thioether (sulfide) groups is 1. The van der Waals surface area contributed by atoms with Crippen molar-refractivity contribution in [1.29, 1.82) is 0 Å². The number of rotatable bonds is 3. The van der Waals surface area contributed by atoms with Crippen molar-refractivity contribution >= 4 is 51.9 Å². The maximum atomic E-state index is 12.8. The Balaban J connectivity index is 1.61. The fourth-order valence-electron chi connectivity index (χ4n) is 2.59. The van der Waals surface area contributed by atoms with E-state index in [1.807, 2.05) is 0 Å². The molecule has 0 saturated carbocycles. The monoisotopic (exact) mass is 385 g/mol. The average molecular weight is 385 g/mol. The van der Waals surface area contributed by atoms with Gasteiger partial charge in [-0.05, 0) is 35.9 Å². The molecule has 1 N–H and O–H groups in total. The number of hydrogen-bond donors (Lipinski definition) is 1. The van der Waals surface area contributed by atoms with Crippen LogP contribution in [0.3, 0.4) is 0 Å². The molecule has 0 spiro atoms. The smallest absolute Gasteiger partial charge is 0.335 e. The first kappa shape index (κ1) is 16.6. The third-order valence-corrected chi connectivity index (χ3v) is 5.17. The van der Waals surface area contributed by atoms with Crippen molar-refractivity contribution in [3.05, 3.63) is 58.5 Å². The van der Waals surface area contributed by atoms with Gasteiger partial charge in [-0.1, -0.05) is 36.1 Å². The quantitative estimate of drug-likeness (QED) is 0.640. The summed E-state index contributed by atoms with van der Waals surface area (Å²) in [5, 5.41) is 8.95. The number of nitrogens with zero attached hydrogens (tertiary/aromatic N) is 1. The number of anilines is 1. The average Bonchev–Trinajstić information content (AvgIpc) is 3.19. The summed E-state index contributed by atoms with van der Waals surface area (Å²) in [6.07, 6.45) is 1.69. The number of carbonyl (C=O) groups excluding carboxylic acids is 1. The Kier molecular flexibility index (Phi) is 4.14. The third kappa shape index (κ3) is 2.93. The van der Waals surface area contributed by atoms with Gasteiger partial charge in [0.25, 0.3) is 5.91 Å². The van der Waals surface area contributed by atoms with Crippen LogP contribution in [0.1, 0.15) is 15.9 Å². The maximum absolute atomic E-state index is 12.8. The van der Waals surface area contributed by atoms with Gasteiger partial charge in [0.1, 0.15) is 0 Å². The van der Waals surface area contributed by atoms with Crippen molar-refractivity contribution in [3.8, 4) is 11.5 Å².